The topological polar surface area (TPSA) is 46.9 Å². The summed E-state index contributed by atoms with van der Waals surface area (Å²) in [6, 6.07) is 8.29. The van der Waals surface area contributed by atoms with Gasteiger partial charge in [-0.05, 0) is 30.9 Å². The first-order valence-electron chi connectivity index (χ1n) is 9.32. The van der Waals surface area contributed by atoms with E-state index in [0.29, 0.717) is 12.5 Å². The summed E-state index contributed by atoms with van der Waals surface area (Å²) in [5.74, 6) is 1.98. The summed E-state index contributed by atoms with van der Waals surface area (Å²) in [6.45, 7) is 10.3. The van der Waals surface area contributed by atoms with Crippen molar-refractivity contribution in [3.63, 3.8) is 0 Å². The molecule has 4 heteroatoms. The first-order valence-corrected chi connectivity index (χ1v) is 9.32. The van der Waals surface area contributed by atoms with E-state index in [0.717, 1.165) is 43.6 Å². The predicted octanol–water partition coefficient (Wildman–Crippen LogP) is 4.18. The Morgan fingerprint density at radius 3 is 2.54 bits per heavy atom. The lowest BCUT2D eigenvalue weighted by atomic mass is 10.0. The van der Waals surface area contributed by atoms with Crippen molar-refractivity contribution < 1.29 is 4.79 Å². The molecule has 1 atom stereocenters. The summed E-state index contributed by atoms with van der Waals surface area (Å²) in [5.41, 5.74) is 2.24. The van der Waals surface area contributed by atoms with E-state index >= 15 is 0 Å². The second kappa shape index (κ2) is 8.86. The highest BCUT2D eigenvalue weighted by Crippen LogP contribution is 2.19. The Morgan fingerprint density at radius 1 is 1.17 bits per heavy atom. The lowest BCUT2D eigenvalue weighted by Crippen LogP contribution is -2.32. The molecule has 132 valence electrons. The third-order valence-corrected chi connectivity index (χ3v) is 4.93. The molecule has 1 N–H and O–H groups in total. The molecular weight excluding hydrogens is 298 g/mol. The number of fused-ring (bicyclic) bond motifs is 1. The van der Waals surface area contributed by atoms with Gasteiger partial charge in [0.2, 0.25) is 5.91 Å². The Balaban J connectivity index is 2.10. The zero-order valence-electron chi connectivity index (χ0n) is 15.5. The molecule has 0 radical (unpaired) electrons. The Bertz CT molecular complexity index is 658. The number of nitrogens with zero attached hydrogens (tertiary/aromatic N) is 2. The second-order valence-corrected chi connectivity index (χ2v) is 6.70. The number of benzene rings is 1. The monoisotopic (exact) mass is 329 g/mol. The Labute approximate surface area is 145 Å². The third-order valence-electron chi connectivity index (χ3n) is 4.93. The van der Waals surface area contributed by atoms with Crippen LogP contribution in [-0.2, 0) is 17.8 Å². The van der Waals surface area contributed by atoms with E-state index in [1.807, 2.05) is 6.07 Å². The molecule has 1 aromatic heterocycles. The minimum Gasteiger partial charge on any atom is -0.355 e. The van der Waals surface area contributed by atoms with Crippen molar-refractivity contribution in [2.75, 3.05) is 6.54 Å². The summed E-state index contributed by atoms with van der Waals surface area (Å²) >= 11 is 0. The van der Waals surface area contributed by atoms with E-state index < -0.39 is 0 Å². The zero-order valence-corrected chi connectivity index (χ0v) is 15.5. The van der Waals surface area contributed by atoms with Crippen LogP contribution in [-0.4, -0.2) is 22.0 Å². The summed E-state index contributed by atoms with van der Waals surface area (Å²) in [7, 11) is 0. The number of amides is 1. The molecule has 0 aliphatic rings. The highest BCUT2D eigenvalue weighted by Gasteiger charge is 2.15. The number of aromatic nitrogens is 2. The molecule has 0 aliphatic heterocycles. The predicted molar refractivity (Wildman–Crippen MR) is 100.0 cm³/mol. The summed E-state index contributed by atoms with van der Waals surface area (Å²) in [4.78, 5) is 16.9. The molecule has 0 aliphatic carbocycles. The second-order valence-electron chi connectivity index (χ2n) is 6.70. The first-order chi connectivity index (χ1) is 11.6. The summed E-state index contributed by atoms with van der Waals surface area (Å²) < 4.78 is 2.33. The van der Waals surface area contributed by atoms with Crippen molar-refractivity contribution in [1.29, 1.82) is 0 Å². The van der Waals surface area contributed by atoms with Crippen LogP contribution in [0.3, 0.4) is 0 Å². The van der Waals surface area contributed by atoms with Crippen molar-refractivity contribution in [3.8, 4) is 0 Å². The molecule has 24 heavy (non-hydrogen) atoms. The van der Waals surface area contributed by atoms with Crippen molar-refractivity contribution in [2.45, 2.75) is 59.9 Å². The van der Waals surface area contributed by atoms with Gasteiger partial charge in [0, 0.05) is 25.4 Å². The Kier molecular flexibility index (Phi) is 6.83. The van der Waals surface area contributed by atoms with Crippen LogP contribution in [0.4, 0.5) is 0 Å². The van der Waals surface area contributed by atoms with Crippen molar-refractivity contribution >= 4 is 16.9 Å². The molecule has 4 nitrogen and oxygen atoms in total. The number of hydrogen-bond acceptors (Lipinski definition) is 2. The van der Waals surface area contributed by atoms with Gasteiger partial charge in [-0.25, -0.2) is 4.98 Å². The van der Waals surface area contributed by atoms with Gasteiger partial charge in [-0.2, -0.15) is 0 Å². The molecule has 2 rings (SSSR count). The van der Waals surface area contributed by atoms with Gasteiger partial charge in [0.15, 0.2) is 0 Å². The number of nitrogens with one attached hydrogen (secondary N) is 1. The minimum atomic E-state index is 0.129. The number of para-hydroxylation sites is 2. The zero-order chi connectivity index (χ0) is 17.5. The largest absolute Gasteiger partial charge is 0.355 e. The van der Waals surface area contributed by atoms with Crippen LogP contribution in [0, 0.1) is 11.8 Å². The molecule has 1 amide bonds. The van der Waals surface area contributed by atoms with Crippen LogP contribution >= 0.6 is 0 Å². The van der Waals surface area contributed by atoms with Gasteiger partial charge in [-0.3, -0.25) is 4.79 Å². The maximum atomic E-state index is 12.1. The number of hydrogen-bond donors (Lipinski definition) is 1. The molecule has 0 spiro atoms. The van der Waals surface area contributed by atoms with Crippen LogP contribution in [0.1, 0.15) is 52.8 Å². The van der Waals surface area contributed by atoms with Crippen LogP contribution < -0.4 is 5.32 Å². The number of carbonyl (C=O) groups is 1. The number of imidazole rings is 1. The molecule has 2 aromatic rings. The fourth-order valence-electron chi connectivity index (χ4n) is 3.06. The Hall–Kier alpha value is -1.84. The number of carbonyl (C=O) groups excluding carboxylic acids is 1. The lowest BCUT2D eigenvalue weighted by molar-refractivity contribution is -0.125. The quantitative estimate of drug-likeness (QED) is 0.750. The molecule has 1 aromatic carbocycles. The minimum absolute atomic E-state index is 0.129. The van der Waals surface area contributed by atoms with Gasteiger partial charge >= 0.3 is 0 Å². The maximum absolute atomic E-state index is 12.1. The first kappa shape index (κ1) is 18.5. The molecule has 0 saturated heterocycles. The van der Waals surface area contributed by atoms with Gasteiger partial charge in [0.1, 0.15) is 5.82 Å². The highest BCUT2D eigenvalue weighted by molar-refractivity contribution is 5.78. The van der Waals surface area contributed by atoms with Crippen LogP contribution in [0.25, 0.3) is 11.0 Å². The van der Waals surface area contributed by atoms with E-state index in [9.17, 15) is 4.79 Å². The molecule has 0 saturated carbocycles. The van der Waals surface area contributed by atoms with Gasteiger partial charge in [-0.15, -0.1) is 0 Å². The fraction of sp³-hybridized carbons (Fsp3) is 0.600. The van der Waals surface area contributed by atoms with Crippen LogP contribution in [0.5, 0.6) is 0 Å². The van der Waals surface area contributed by atoms with Crippen molar-refractivity contribution in [2.24, 2.45) is 11.8 Å². The molecule has 1 unspecified atom stereocenters. The lowest BCUT2D eigenvalue weighted by Gasteiger charge is -2.15. The highest BCUT2D eigenvalue weighted by atomic mass is 16.1. The maximum Gasteiger partial charge on any atom is 0.223 e. The van der Waals surface area contributed by atoms with E-state index in [4.69, 9.17) is 4.98 Å². The van der Waals surface area contributed by atoms with E-state index in [-0.39, 0.29) is 11.8 Å². The SMILES string of the molecule is CCC(C)Cn1c(CCNC(=O)C(CC)CC)nc2ccccc21. The van der Waals surface area contributed by atoms with E-state index in [2.05, 4.69) is 55.8 Å². The average molecular weight is 329 g/mol. The average Bonchev–Trinajstić information content (AvgIpc) is 2.93. The molecule has 0 fully saturated rings. The normalized spacial score (nSPS) is 12.7. The van der Waals surface area contributed by atoms with Crippen LogP contribution in [0.15, 0.2) is 24.3 Å². The fourth-order valence-corrected chi connectivity index (χ4v) is 3.06. The molecular formula is C20H31N3O. The standard InChI is InChI=1S/C20H31N3O/c1-5-15(4)14-23-18-11-9-8-10-17(18)22-19(23)12-13-21-20(24)16(6-2)7-3/h8-11,15-16H,5-7,12-14H2,1-4H3,(H,21,24). The van der Waals surface area contributed by atoms with Gasteiger partial charge in [0.05, 0.1) is 11.0 Å². The summed E-state index contributed by atoms with van der Waals surface area (Å²) in [5, 5.41) is 3.08. The molecule has 1 heterocycles. The smallest absolute Gasteiger partial charge is 0.223 e. The van der Waals surface area contributed by atoms with E-state index in [1.165, 1.54) is 5.52 Å². The number of rotatable bonds is 9. The Morgan fingerprint density at radius 2 is 1.88 bits per heavy atom. The van der Waals surface area contributed by atoms with Crippen LogP contribution in [0.2, 0.25) is 0 Å². The van der Waals surface area contributed by atoms with E-state index in [1.54, 1.807) is 0 Å². The van der Waals surface area contributed by atoms with Crippen molar-refractivity contribution in [3.05, 3.63) is 30.1 Å². The van der Waals surface area contributed by atoms with Gasteiger partial charge < -0.3 is 9.88 Å². The van der Waals surface area contributed by atoms with Crippen molar-refractivity contribution in [1.82, 2.24) is 14.9 Å². The molecule has 0 bridgehead atoms. The van der Waals surface area contributed by atoms with Gasteiger partial charge in [0.25, 0.3) is 0 Å². The summed E-state index contributed by atoms with van der Waals surface area (Å²) in [6.07, 6.45) is 3.72. The third kappa shape index (κ3) is 4.37. The van der Waals surface area contributed by atoms with Gasteiger partial charge in [-0.1, -0.05) is 46.2 Å².